The number of fused-ring (bicyclic) bond motifs is 1. The van der Waals surface area contributed by atoms with Crippen molar-refractivity contribution >= 4 is 22.8 Å². The van der Waals surface area contributed by atoms with Gasteiger partial charge in [-0.2, -0.15) is 0 Å². The first-order valence-electron chi connectivity index (χ1n) is 5.08. The monoisotopic (exact) mass is 223 g/mol. The second kappa shape index (κ2) is 4.19. The molecule has 2 aromatic rings. The number of hydrogen-bond acceptors (Lipinski definition) is 2. The van der Waals surface area contributed by atoms with Gasteiger partial charge in [-0.25, -0.2) is 9.97 Å². The molecule has 3 nitrogen and oxygen atoms in total. The Morgan fingerprint density at radius 3 is 2.93 bits per heavy atom. The highest BCUT2D eigenvalue weighted by Gasteiger charge is 2.11. The summed E-state index contributed by atoms with van der Waals surface area (Å²) in [5, 5.41) is 0. The van der Waals surface area contributed by atoms with Gasteiger partial charge >= 0.3 is 0 Å². The van der Waals surface area contributed by atoms with Crippen LogP contribution in [0, 0.1) is 5.92 Å². The van der Waals surface area contributed by atoms with Gasteiger partial charge in [0.2, 0.25) is 0 Å². The highest BCUT2D eigenvalue weighted by Crippen LogP contribution is 2.16. The molecule has 0 saturated heterocycles. The summed E-state index contributed by atoms with van der Waals surface area (Å²) in [7, 11) is 0. The van der Waals surface area contributed by atoms with Crippen LogP contribution < -0.4 is 0 Å². The quantitative estimate of drug-likeness (QED) is 0.750. The molecule has 2 heterocycles. The van der Waals surface area contributed by atoms with Gasteiger partial charge in [0.25, 0.3) is 0 Å². The van der Waals surface area contributed by atoms with Gasteiger partial charge in [0.15, 0.2) is 5.65 Å². The average molecular weight is 224 g/mol. The lowest BCUT2D eigenvalue weighted by Gasteiger charge is -2.09. The van der Waals surface area contributed by atoms with Gasteiger partial charge < -0.3 is 4.57 Å². The molecule has 80 valence electrons. The molecule has 0 saturated carbocycles. The molecule has 0 radical (unpaired) electrons. The Balaban J connectivity index is 2.56. The Hall–Kier alpha value is -1.09. The number of halogens is 1. The number of imidazole rings is 1. The highest BCUT2D eigenvalue weighted by molar-refractivity contribution is 6.16. The number of nitrogens with zero attached hydrogens (tertiary/aromatic N) is 3. The van der Waals surface area contributed by atoms with E-state index >= 15 is 0 Å². The van der Waals surface area contributed by atoms with Gasteiger partial charge in [-0.1, -0.05) is 13.8 Å². The number of aromatic nitrogens is 3. The van der Waals surface area contributed by atoms with Crippen LogP contribution in [-0.4, -0.2) is 14.5 Å². The topological polar surface area (TPSA) is 30.7 Å². The lowest BCUT2D eigenvalue weighted by atomic mass is 10.2. The summed E-state index contributed by atoms with van der Waals surface area (Å²) in [5.74, 6) is 1.90. The van der Waals surface area contributed by atoms with Crippen LogP contribution in [0.4, 0.5) is 0 Å². The molecule has 0 fully saturated rings. The lowest BCUT2D eigenvalue weighted by Crippen LogP contribution is -2.08. The van der Waals surface area contributed by atoms with E-state index in [0.29, 0.717) is 11.8 Å². The van der Waals surface area contributed by atoms with Crippen molar-refractivity contribution in [3.63, 3.8) is 0 Å². The summed E-state index contributed by atoms with van der Waals surface area (Å²) in [5.41, 5.74) is 1.86. The van der Waals surface area contributed by atoms with Crippen LogP contribution in [0.25, 0.3) is 11.2 Å². The minimum atomic E-state index is 0.434. The van der Waals surface area contributed by atoms with Crippen LogP contribution in [0.2, 0.25) is 0 Å². The lowest BCUT2D eigenvalue weighted by molar-refractivity contribution is 0.520. The summed E-state index contributed by atoms with van der Waals surface area (Å²) >= 11 is 5.88. The Morgan fingerprint density at radius 1 is 1.47 bits per heavy atom. The van der Waals surface area contributed by atoms with Crippen molar-refractivity contribution in [1.29, 1.82) is 0 Å². The second-order valence-electron chi connectivity index (χ2n) is 4.01. The first-order chi connectivity index (χ1) is 7.22. The maximum Gasteiger partial charge on any atom is 0.160 e. The van der Waals surface area contributed by atoms with E-state index in [1.807, 2.05) is 12.1 Å². The number of rotatable bonds is 3. The van der Waals surface area contributed by atoms with Crippen molar-refractivity contribution in [3.05, 3.63) is 24.2 Å². The van der Waals surface area contributed by atoms with Crippen molar-refractivity contribution in [2.24, 2.45) is 5.92 Å². The molecule has 0 aromatic carbocycles. The molecule has 0 atom stereocenters. The first-order valence-corrected chi connectivity index (χ1v) is 5.62. The molecule has 0 spiro atoms. The zero-order valence-corrected chi connectivity index (χ0v) is 9.70. The predicted molar refractivity (Wildman–Crippen MR) is 61.9 cm³/mol. The molecule has 2 rings (SSSR count). The van der Waals surface area contributed by atoms with E-state index in [2.05, 4.69) is 28.4 Å². The minimum absolute atomic E-state index is 0.434. The summed E-state index contributed by atoms with van der Waals surface area (Å²) in [4.78, 5) is 8.80. The standard InChI is InChI=1S/C11H14ClN3/c1-8(2)7-15-10(6-12)14-9-4-3-5-13-11(9)15/h3-5,8H,6-7H2,1-2H3. The van der Waals surface area contributed by atoms with Crippen molar-refractivity contribution in [3.8, 4) is 0 Å². The number of pyridine rings is 1. The highest BCUT2D eigenvalue weighted by atomic mass is 35.5. The van der Waals surface area contributed by atoms with Gasteiger partial charge in [0, 0.05) is 12.7 Å². The third kappa shape index (κ3) is 1.97. The number of hydrogen-bond donors (Lipinski definition) is 0. The fourth-order valence-corrected chi connectivity index (χ4v) is 1.87. The average Bonchev–Trinajstić information content (AvgIpc) is 2.56. The zero-order valence-electron chi connectivity index (χ0n) is 8.94. The van der Waals surface area contributed by atoms with E-state index in [1.54, 1.807) is 6.20 Å². The van der Waals surface area contributed by atoms with Crippen molar-refractivity contribution in [1.82, 2.24) is 14.5 Å². The molecular weight excluding hydrogens is 210 g/mol. The largest absolute Gasteiger partial charge is 0.311 e. The van der Waals surface area contributed by atoms with Gasteiger partial charge in [0.1, 0.15) is 11.3 Å². The summed E-state index contributed by atoms with van der Waals surface area (Å²) < 4.78 is 2.10. The Kier molecular flexibility index (Phi) is 2.91. The van der Waals surface area contributed by atoms with Gasteiger partial charge in [-0.05, 0) is 18.1 Å². The van der Waals surface area contributed by atoms with Crippen LogP contribution in [0.15, 0.2) is 18.3 Å². The summed E-state index contributed by atoms with van der Waals surface area (Å²) in [6.45, 7) is 5.26. The molecule has 4 heteroatoms. The normalized spacial score (nSPS) is 11.5. The first kappa shape index (κ1) is 10.4. The van der Waals surface area contributed by atoms with E-state index in [0.717, 1.165) is 23.5 Å². The Labute approximate surface area is 94.1 Å². The maximum atomic E-state index is 5.88. The van der Waals surface area contributed by atoms with Crippen LogP contribution >= 0.6 is 11.6 Å². The van der Waals surface area contributed by atoms with E-state index in [9.17, 15) is 0 Å². The van der Waals surface area contributed by atoms with Crippen LogP contribution in [-0.2, 0) is 12.4 Å². The second-order valence-corrected chi connectivity index (χ2v) is 4.28. The maximum absolute atomic E-state index is 5.88. The van der Waals surface area contributed by atoms with E-state index in [1.165, 1.54) is 0 Å². The van der Waals surface area contributed by atoms with Crippen molar-refractivity contribution in [2.75, 3.05) is 0 Å². The Morgan fingerprint density at radius 2 is 2.27 bits per heavy atom. The summed E-state index contributed by atoms with van der Waals surface area (Å²) in [6.07, 6.45) is 1.79. The molecule has 0 aliphatic rings. The molecule has 0 aliphatic heterocycles. The minimum Gasteiger partial charge on any atom is -0.311 e. The van der Waals surface area contributed by atoms with E-state index < -0.39 is 0 Å². The smallest absolute Gasteiger partial charge is 0.160 e. The third-order valence-electron chi connectivity index (χ3n) is 2.25. The third-order valence-corrected chi connectivity index (χ3v) is 2.49. The molecule has 0 amide bonds. The van der Waals surface area contributed by atoms with E-state index in [-0.39, 0.29) is 0 Å². The van der Waals surface area contributed by atoms with Crippen molar-refractivity contribution in [2.45, 2.75) is 26.3 Å². The molecular formula is C11H14ClN3. The molecule has 2 aromatic heterocycles. The molecule has 0 N–H and O–H groups in total. The predicted octanol–water partition coefficient (Wildman–Crippen LogP) is 2.83. The number of alkyl halides is 1. The van der Waals surface area contributed by atoms with Crippen molar-refractivity contribution < 1.29 is 0 Å². The Bertz CT molecular complexity index is 462. The molecule has 0 unspecified atom stereocenters. The van der Waals surface area contributed by atoms with Crippen LogP contribution in [0.3, 0.4) is 0 Å². The van der Waals surface area contributed by atoms with Gasteiger partial charge in [-0.15, -0.1) is 11.6 Å². The molecule has 15 heavy (non-hydrogen) atoms. The van der Waals surface area contributed by atoms with Gasteiger partial charge in [-0.3, -0.25) is 0 Å². The van der Waals surface area contributed by atoms with Gasteiger partial charge in [0.05, 0.1) is 5.88 Å². The summed E-state index contributed by atoms with van der Waals surface area (Å²) in [6, 6.07) is 3.86. The van der Waals surface area contributed by atoms with E-state index in [4.69, 9.17) is 11.6 Å². The molecule has 0 aliphatic carbocycles. The fourth-order valence-electron chi connectivity index (χ4n) is 1.66. The molecule has 0 bridgehead atoms. The van der Waals surface area contributed by atoms with Crippen LogP contribution in [0.5, 0.6) is 0 Å². The SMILES string of the molecule is CC(C)Cn1c(CCl)nc2cccnc21. The zero-order chi connectivity index (χ0) is 10.8. The van der Waals surface area contributed by atoms with Crippen LogP contribution in [0.1, 0.15) is 19.7 Å². The fraction of sp³-hybridized carbons (Fsp3) is 0.455.